The van der Waals surface area contributed by atoms with Gasteiger partial charge in [-0.25, -0.2) is 0 Å². The summed E-state index contributed by atoms with van der Waals surface area (Å²) in [4.78, 5) is 0. The highest BCUT2D eigenvalue weighted by Crippen LogP contribution is 2.58. The molecule has 0 aromatic heterocycles. The summed E-state index contributed by atoms with van der Waals surface area (Å²) in [6.45, 7) is 4.77. The van der Waals surface area contributed by atoms with Crippen LogP contribution in [0.15, 0.2) is 78.9 Å². The van der Waals surface area contributed by atoms with Crippen LogP contribution in [0.4, 0.5) is 0 Å². The van der Waals surface area contributed by atoms with E-state index in [0.29, 0.717) is 5.92 Å². The summed E-state index contributed by atoms with van der Waals surface area (Å²) in [6, 6.07) is 29.4. The second kappa shape index (κ2) is 4.65. The van der Waals surface area contributed by atoms with Crippen molar-refractivity contribution in [1.82, 2.24) is 0 Å². The van der Waals surface area contributed by atoms with E-state index in [2.05, 4.69) is 92.7 Å². The first kappa shape index (κ1) is 14.3. The van der Waals surface area contributed by atoms with Crippen LogP contribution in [-0.2, 0) is 5.41 Å². The lowest BCUT2D eigenvalue weighted by molar-refractivity contribution is 0.603. The van der Waals surface area contributed by atoms with Crippen LogP contribution in [0.5, 0.6) is 0 Å². The fourth-order valence-electron chi connectivity index (χ4n) is 5.40. The topological polar surface area (TPSA) is 0 Å². The van der Waals surface area contributed by atoms with Gasteiger partial charge in [0.25, 0.3) is 0 Å². The molecule has 0 aliphatic heterocycles. The highest BCUT2D eigenvalue weighted by atomic mass is 14.5. The molecular weight excluding hydrogens is 312 g/mol. The van der Waals surface area contributed by atoms with E-state index in [1.165, 1.54) is 49.7 Å². The molecule has 0 saturated carbocycles. The van der Waals surface area contributed by atoms with Gasteiger partial charge in [0.1, 0.15) is 0 Å². The van der Waals surface area contributed by atoms with Crippen LogP contribution in [0.2, 0.25) is 0 Å². The van der Waals surface area contributed by atoms with Crippen LogP contribution in [0.1, 0.15) is 47.6 Å². The maximum Gasteiger partial charge on any atom is 0.0364 e. The van der Waals surface area contributed by atoms with Gasteiger partial charge < -0.3 is 0 Å². The number of hydrogen-bond acceptors (Lipinski definition) is 0. The first-order valence-electron chi connectivity index (χ1n) is 9.43. The summed E-state index contributed by atoms with van der Waals surface area (Å²) in [5.41, 5.74) is 10.3. The van der Waals surface area contributed by atoms with E-state index in [4.69, 9.17) is 0 Å². The minimum Gasteiger partial charge on any atom is -0.0619 e. The Morgan fingerprint density at radius 1 is 0.615 bits per heavy atom. The molecule has 0 bridgehead atoms. The molecule has 0 N–H and O–H groups in total. The third kappa shape index (κ3) is 1.56. The maximum atomic E-state index is 2.38. The first-order valence-corrected chi connectivity index (χ1v) is 9.43. The zero-order valence-electron chi connectivity index (χ0n) is 15.1. The van der Waals surface area contributed by atoms with Crippen molar-refractivity contribution in [3.63, 3.8) is 0 Å². The predicted molar refractivity (Wildman–Crippen MR) is 109 cm³/mol. The average Bonchev–Trinajstić information content (AvgIpc) is 3.01. The summed E-state index contributed by atoms with van der Waals surface area (Å²) < 4.78 is 0. The van der Waals surface area contributed by atoms with Crippen molar-refractivity contribution in [3.8, 4) is 11.1 Å². The van der Waals surface area contributed by atoms with Crippen LogP contribution < -0.4 is 0 Å². The smallest absolute Gasteiger partial charge is 0.0364 e. The lowest BCUT2D eigenvalue weighted by Crippen LogP contribution is -2.29. The molecule has 0 heteroatoms. The second-order valence-corrected chi connectivity index (χ2v) is 8.16. The molecule has 2 aliphatic rings. The zero-order valence-corrected chi connectivity index (χ0v) is 15.1. The Bertz CT molecular complexity index is 1210. The normalized spacial score (nSPS) is 18.3. The maximum absolute atomic E-state index is 2.38. The Balaban J connectivity index is 1.85. The molecule has 0 nitrogen and oxygen atoms in total. The van der Waals surface area contributed by atoms with Gasteiger partial charge >= 0.3 is 0 Å². The summed E-state index contributed by atoms with van der Waals surface area (Å²) in [5, 5.41) is 2.74. The minimum absolute atomic E-state index is 0.0171. The molecule has 26 heavy (non-hydrogen) atoms. The summed E-state index contributed by atoms with van der Waals surface area (Å²) in [5.74, 6) is 0.353. The van der Waals surface area contributed by atoms with Crippen molar-refractivity contribution in [2.24, 2.45) is 0 Å². The largest absolute Gasteiger partial charge is 0.0619 e. The van der Waals surface area contributed by atoms with Crippen molar-refractivity contribution >= 4 is 10.8 Å². The van der Waals surface area contributed by atoms with Gasteiger partial charge in [-0.2, -0.15) is 0 Å². The molecule has 1 atom stereocenters. The van der Waals surface area contributed by atoms with Gasteiger partial charge in [-0.05, 0) is 49.7 Å². The van der Waals surface area contributed by atoms with Crippen LogP contribution in [0.25, 0.3) is 21.9 Å². The molecule has 4 aromatic carbocycles. The van der Waals surface area contributed by atoms with Crippen molar-refractivity contribution < 1.29 is 0 Å². The van der Waals surface area contributed by atoms with E-state index in [1.807, 2.05) is 0 Å². The third-order valence-corrected chi connectivity index (χ3v) is 6.56. The Hall–Kier alpha value is -2.86. The fourth-order valence-corrected chi connectivity index (χ4v) is 5.40. The fraction of sp³-hybridized carbons (Fsp3) is 0.154. The van der Waals surface area contributed by atoms with Crippen LogP contribution in [0, 0.1) is 0 Å². The zero-order chi connectivity index (χ0) is 17.5. The SMILES string of the molecule is CC1(C)c2cccc3c2[C@H](c2ccccc2-3)c2c1ccc1ccccc21. The van der Waals surface area contributed by atoms with Crippen molar-refractivity contribution in [2.75, 3.05) is 0 Å². The van der Waals surface area contributed by atoms with Gasteiger partial charge in [-0.3, -0.25) is 0 Å². The van der Waals surface area contributed by atoms with Crippen molar-refractivity contribution in [3.05, 3.63) is 107 Å². The molecule has 4 aromatic rings. The Kier molecular flexibility index (Phi) is 2.56. The number of rotatable bonds is 0. The minimum atomic E-state index is 0.0171. The molecule has 124 valence electrons. The van der Waals surface area contributed by atoms with Crippen LogP contribution in [-0.4, -0.2) is 0 Å². The van der Waals surface area contributed by atoms with Gasteiger partial charge in [0.2, 0.25) is 0 Å². The van der Waals surface area contributed by atoms with E-state index in [-0.39, 0.29) is 5.41 Å². The van der Waals surface area contributed by atoms with Gasteiger partial charge in [-0.15, -0.1) is 0 Å². The van der Waals surface area contributed by atoms with Gasteiger partial charge in [-0.1, -0.05) is 92.7 Å². The van der Waals surface area contributed by atoms with Gasteiger partial charge in [0, 0.05) is 11.3 Å². The Morgan fingerprint density at radius 3 is 2.27 bits per heavy atom. The highest BCUT2D eigenvalue weighted by Gasteiger charge is 2.43. The third-order valence-electron chi connectivity index (χ3n) is 6.56. The number of hydrogen-bond donors (Lipinski definition) is 0. The predicted octanol–water partition coefficient (Wildman–Crippen LogP) is 6.64. The summed E-state index contributed by atoms with van der Waals surface area (Å²) in [7, 11) is 0. The molecule has 0 amide bonds. The van der Waals surface area contributed by atoms with Crippen LogP contribution in [0.3, 0.4) is 0 Å². The Morgan fingerprint density at radius 2 is 1.35 bits per heavy atom. The standard InChI is InChI=1S/C26H20/c1-26(2)21-13-7-12-19-18-10-5-6-11-20(18)25(24(19)21)23-17-9-4-3-8-16(17)14-15-22(23)26/h3-15,25H,1-2H3/t25-/m1/s1. The highest BCUT2D eigenvalue weighted by molar-refractivity contribution is 5.94. The molecule has 0 fully saturated rings. The molecule has 2 aliphatic carbocycles. The monoisotopic (exact) mass is 332 g/mol. The van der Waals surface area contributed by atoms with E-state index >= 15 is 0 Å². The van der Waals surface area contributed by atoms with Gasteiger partial charge in [0.05, 0.1) is 0 Å². The van der Waals surface area contributed by atoms with Crippen molar-refractivity contribution in [2.45, 2.75) is 25.2 Å². The molecule has 0 unspecified atom stereocenters. The molecule has 6 rings (SSSR count). The number of fused-ring (bicyclic) bond motifs is 7. The van der Waals surface area contributed by atoms with Crippen LogP contribution >= 0.6 is 0 Å². The molecule has 0 saturated heterocycles. The second-order valence-electron chi connectivity index (χ2n) is 8.16. The lowest BCUT2D eigenvalue weighted by Gasteiger charge is -2.39. The van der Waals surface area contributed by atoms with E-state index < -0.39 is 0 Å². The summed E-state index contributed by atoms with van der Waals surface area (Å²) >= 11 is 0. The average molecular weight is 332 g/mol. The number of benzene rings is 4. The van der Waals surface area contributed by atoms with Gasteiger partial charge in [0.15, 0.2) is 0 Å². The molecule has 0 heterocycles. The first-order chi connectivity index (χ1) is 12.7. The molecule has 0 radical (unpaired) electrons. The Labute approximate surface area is 154 Å². The van der Waals surface area contributed by atoms with E-state index in [1.54, 1.807) is 0 Å². The molecule has 0 spiro atoms. The van der Waals surface area contributed by atoms with Crippen molar-refractivity contribution in [1.29, 1.82) is 0 Å². The van der Waals surface area contributed by atoms with E-state index in [0.717, 1.165) is 0 Å². The quantitative estimate of drug-likeness (QED) is 0.298. The summed E-state index contributed by atoms with van der Waals surface area (Å²) in [6.07, 6.45) is 0. The van der Waals surface area contributed by atoms with E-state index in [9.17, 15) is 0 Å². The molecular formula is C26H20. The lowest BCUT2D eigenvalue weighted by atomic mass is 9.64.